The Labute approximate surface area is 194 Å². The highest BCUT2D eigenvalue weighted by atomic mass is 16.5. The van der Waals surface area contributed by atoms with E-state index in [-0.39, 0.29) is 5.91 Å². The highest BCUT2D eigenvalue weighted by molar-refractivity contribution is 6.06. The van der Waals surface area contributed by atoms with E-state index in [1.54, 1.807) is 0 Å². The minimum Gasteiger partial charge on any atom is -0.490 e. The lowest BCUT2D eigenvalue weighted by molar-refractivity contribution is 0.102. The first-order valence-electron chi connectivity index (χ1n) is 11.5. The summed E-state index contributed by atoms with van der Waals surface area (Å²) in [6.45, 7) is 2.18. The fourth-order valence-electron chi connectivity index (χ4n) is 4.30. The number of rotatable bonds is 5. The number of piperidine rings is 1. The Kier molecular flexibility index (Phi) is 6.09. The molecular weight excluding hydrogens is 408 g/mol. The summed E-state index contributed by atoms with van der Waals surface area (Å²) in [5, 5.41) is 5.18. The Bertz CT molecular complexity index is 1240. The molecule has 4 nitrogen and oxygen atoms in total. The molecule has 0 bridgehead atoms. The van der Waals surface area contributed by atoms with Gasteiger partial charge in [0, 0.05) is 24.3 Å². The van der Waals surface area contributed by atoms with Gasteiger partial charge in [0.1, 0.15) is 11.9 Å². The monoisotopic (exact) mass is 436 g/mol. The third-order valence-electron chi connectivity index (χ3n) is 6.31. The van der Waals surface area contributed by atoms with Crippen molar-refractivity contribution in [3.8, 4) is 16.9 Å². The van der Waals surface area contributed by atoms with E-state index in [1.807, 2.05) is 78.9 Å². The lowest BCUT2D eigenvalue weighted by atomic mass is 10.0. The van der Waals surface area contributed by atoms with E-state index in [0.29, 0.717) is 11.7 Å². The van der Waals surface area contributed by atoms with E-state index in [2.05, 4.69) is 29.4 Å². The molecule has 0 unspecified atom stereocenters. The quantitative estimate of drug-likeness (QED) is 0.403. The number of anilines is 1. The predicted molar refractivity (Wildman–Crippen MR) is 135 cm³/mol. The van der Waals surface area contributed by atoms with Crippen LogP contribution in [-0.4, -0.2) is 37.0 Å². The van der Waals surface area contributed by atoms with Gasteiger partial charge in [0.2, 0.25) is 0 Å². The van der Waals surface area contributed by atoms with Gasteiger partial charge in [0.05, 0.1) is 0 Å². The lowest BCUT2D eigenvalue weighted by Crippen LogP contribution is -2.35. The van der Waals surface area contributed by atoms with E-state index in [9.17, 15) is 4.79 Å². The van der Waals surface area contributed by atoms with Crippen molar-refractivity contribution >= 4 is 22.4 Å². The van der Waals surface area contributed by atoms with Crippen molar-refractivity contribution in [2.75, 3.05) is 25.5 Å². The maximum atomic E-state index is 12.7. The number of ether oxygens (including phenoxy) is 1. The highest BCUT2D eigenvalue weighted by Gasteiger charge is 2.18. The molecule has 4 aromatic carbocycles. The van der Waals surface area contributed by atoms with E-state index >= 15 is 0 Å². The zero-order valence-corrected chi connectivity index (χ0v) is 18.8. The first kappa shape index (κ1) is 21.2. The lowest BCUT2D eigenvalue weighted by Gasteiger charge is -2.29. The number of nitrogens with one attached hydrogen (secondary N) is 1. The molecule has 1 amide bonds. The van der Waals surface area contributed by atoms with Gasteiger partial charge in [-0.05, 0) is 78.2 Å². The summed E-state index contributed by atoms with van der Waals surface area (Å²) in [6.07, 6.45) is 2.45. The number of likely N-dealkylation sites (tertiary alicyclic amines) is 1. The van der Waals surface area contributed by atoms with Gasteiger partial charge in [0.15, 0.2) is 0 Å². The number of hydrogen-bond donors (Lipinski definition) is 1. The molecule has 1 N–H and O–H groups in total. The first-order chi connectivity index (χ1) is 16.1. The molecule has 33 heavy (non-hydrogen) atoms. The molecule has 1 fully saturated rings. The zero-order valence-electron chi connectivity index (χ0n) is 18.8. The Morgan fingerprint density at radius 3 is 2.15 bits per heavy atom. The van der Waals surface area contributed by atoms with Gasteiger partial charge in [0.25, 0.3) is 5.91 Å². The summed E-state index contributed by atoms with van der Waals surface area (Å²) in [7, 11) is 2.16. The van der Waals surface area contributed by atoms with Gasteiger partial charge >= 0.3 is 0 Å². The summed E-state index contributed by atoms with van der Waals surface area (Å²) in [5.74, 6) is 0.816. The molecule has 0 radical (unpaired) electrons. The second kappa shape index (κ2) is 9.47. The van der Waals surface area contributed by atoms with Crippen LogP contribution >= 0.6 is 0 Å². The van der Waals surface area contributed by atoms with Crippen LogP contribution in [0.3, 0.4) is 0 Å². The van der Waals surface area contributed by atoms with Crippen LogP contribution in [0.2, 0.25) is 0 Å². The zero-order chi connectivity index (χ0) is 22.6. The van der Waals surface area contributed by atoms with Crippen LogP contribution in [0.4, 0.5) is 5.69 Å². The van der Waals surface area contributed by atoms with Crippen molar-refractivity contribution in [3.05, 3.63) is 96.6 Å². The molecule has 1 aliphatic rings. The molecule has 1 aliphatic heterocycles. The average molecular weight is 437 g/mol. The van der Waals surface area contributed by atoms with Crippen LogP contribution in [0.1, 0.15) is 23.2 Å². The maximum absolute atomic E-state index is 12.7. The molecule has 4 heteroatoms. The minimum atomic E-state index is -0.107. The first-order valence-corrected chi connectivity index (χ1v) is 11.5. The third kappa shape index (κ3) is 5.07. The average Bonchev–Trinajstić information content (AvgIpc) is 2.86. The number of nitrogens with zero attached hydrogens (tertiary/aromatic N) is 1. The van der Waals surface area contributed by atoms with Crippen molar-refractivity contribution in [2.24, 2.45) is 0 Å². The third-order valence-corrected chi connectivity index (χ3v) is 6.31. The molecule has 0 spiro atoms. The van der Waals surface area contributed by atoms with E-state index in [4.69, 9.17) is 4.74 Å². The van der Waals surface area contributed by atoms with Gasteiger partial charge in [-0.25, -0.2) is 0 Å². The predicted octanol–water partition coefficient (Wildman–Crippen LogP) is 6.23. The number of carbonyl (C=O) groups is 1. The molecule has 1 saturated heterocycles. The number of benzene rings is 4. The van der Waals surface area contributed by atoms with Gasteiger partial charge in [-0.3, -0.25) is 4.79 Å². The summed E-state index contributed by atoms with van der Waals surface area (Å²) in [4.78, 5) is 15.0. The van der Waals surface area contributed by atoms with Gasteiger partial charge in [-0.2, -0.15) is 0 Å². The molecule has 1 heterocycles. The van der Waals surface area contributed by atoms with Crippen LogP contribution in [0, 0.1) is 0 Å². The fourth-order valence-corrected chi connectivity index (χ4v) is 4.30. The molecule has 0 aromatic heterocycles. The SMILES string of the molecule is CN1CCC(Oc2ccc(-c3ccc(NC(=O)c4ccc5ccccc5c4)cc3)cc2)CC1. The van der Waals surface area contributed by atoms with Gasteiger partial charge in [-0.1, -0.05) is 54.6 Å². The van der Waals surface area contributed by atoms with Crippen LogP contribution < -0.4 is 10.1 Å². The summed E-state index contributed by atoms with van der Waals surface area (Å²) in [6, 6.07) is 30.0. The normalized spacial score (nSPS) is 14.8. The number of hydrogen-bond acceptors (Lipinski definition) is 3. The molecule has 0 aliphatic carbocycles. The Balaban J connectivity index is 1.22. The minimum absolute atomic E-state index is 0.107. The van der Waals surface area contributed by atoms with Crippen molar-refractivity contribution in [1.29, 1.82) is 0 Å². The van der Waals surface area contributed by atoms with Gasteiger partial charge < -0.3 is 15.0 Å². The molecule has 166 valence electrons. The van der Waals surface area contributed by atoms with Crippen molar-refractivity contribution in [3.63, 3.8) is 0 Å². The highest BCUT2D eigenvalue weighted by Crippen LogP contribution is 2.26. The van der Waals surface area contributed by atoms with Crippen LogP contribution in [0.25, 0.3) is 21.9 Å². The molecule has 4 aromatic rings. The Morgan fingerprint density at radius 2 is 1.45 bits per heavy atom. The Hall–Kier alpha value is -3.63. The second-order valence-corrected chi connectivity index (χ2v) is 8.74. The second-order valence-electron chi connectivity index (χ2n) is 8.74. The van der Waals surface area contributed by atoms with E-state index < -0.39 is 0 Å². The van der Waals surface area contributed by atoms with Crippen molar-refractivity contribution in [2.45, 2.75) is 18.9 Å². The van der Waals surface area contributed by atoms with Crippen LogP contribution in [0.5, 0.6) is 5.75 Å². The Morgan fingerprint density at radius 1 is 0.818 bits per heavy atom. The standard InChI is InChI=1S/C29H28N2O2/c1-31-18-16-28(17-19-31)33-27-14-10-23(11-15-27)22-8-12-26(13-9-22)30-29(32)25-7-6-21-4-2-3-5-24(21)20-25/h2-15,20,28H,16-19H2,1H3,(H,30,32). The summed E-state index contributed by atoms with van der Waals surface area (Å²) in [5.41, 5.74) is 3.65. The fraction of sp³-hybridized carbons (Fsp3) is 0.207. The van der Waals surface area contributed by atoms with Crippen molar-refractivity contribution < 1.29 is 9.53 Å². The topological polar surface area (TPSA) is 41.6 Å². The molecule has 0 saturated carbocycles. The van der Waals surface area contributed by atoms with E-state index in [0.717, 1.165) is 59.3 Å². The smallest absolute Gasteiger partial charge is 0.255 e. The molecule has 5 rings (SSSR count). The number of amides is 1. The number of fused-ring (bicyclic) bond motifs is 1. The maximum Gasteiger partial charge on any atom is 0.255 e. The van der Waals surface area contributed by atoms with Crippen LogP contribution in [-0.2, 0) is 0 Å². The molecular formula is C29H28N2O2. The van der Waals surface area contributed by atoms with E-state index in [1.165, 1.54) is 0 Å². The van der Waals surface area contributed by atoms with Crippen molar-refractivity contribution in [1.82, 2.24) is 4.90 Å². The largest absolute Gasteiger partial charge is 0.490 e. The summed E-state index contributed by atoms with van der Waals surface area (Å²) >= 11 is 0. The van der Waals surface area contributed by atoms with Crippen LogP contribution in [0.15, 0.2) is 91.0 Å². The van der Waals surface area contributed by atoms with Gasteiger partial charge in [-0.15, -0.1) is 0 Å². The number of carbonyl (C=O) groups excluding carboxylic acids is 1. The summed E-state index contributed by atoms with van der Waals surface area (Å²) < 4.78 is 6.15. The molecule has 0 atom stereocenters.